The van der Waals surface area contributed by atoms with Gasteiger partial charge in [-0.15, -0.1) is 0 Å². The van der Waals surface area contributed by atoms with E-state index in [1.807, 2.05) is 0 Å². The number of fused-ring (bicyclic) bond motifs is 1. The quantitative estimate of drug-likeness (QED) is 0.630. The van der Waals surface area contributed by atoms with Gasteiger partial charge in [0, 0.05) is 5.56 Å². The average Bonchev–Trinajstić information content (AvgIpc) is 2.51. The minimum absolute atomic E-state index is 0.0880. The number of hydrogen-bond acceptors (Lipinski definition) is 3. The first-order valence-electron chi connectivity index (χ1n) is 3.72. The molecule has 0 fully saturated rings. The molecule has 0 bridgehead atoms. The van der Waals surface area contributed by atoms with Crippen molar-refractivity contribution in [1.82, 2.24) is 4.98 Å². The molecule has 0 N–H and O–H groups in total. The van der Waals surface area contributed by atoms with Crippen LogP contribution in [0.5, 0.6) is 0 Å². The zero-order valence-electron chi connectivity index (χ0n) is 6.87. The molecule has 0 unspecified atom stereocenters. The van der Waals surface area contributed by atoms with Crippen LogP contribution in [0.1, 0.15) is 17.3 Å². The minimum Gasteiger partial charge on any atom is -0.440 e. The van der Waals surface area contributed by atoms with Crippen molar-refractivity contribution in [1.29, 1.82) is 0 Å². The largest absolute Gasteiger partial charge is 0.440 e. The number of nitrogens with zero attached hydrogens (tertiary/aromatic N) is 1. The van der Waals surface area contributed by atoms with Gasteiger partial charge < -0.3 is 4.42 Å². The second kappa shape index (κ2) is 2.65. The number of halogens is 1. The summed E-state index contributed by atoms with van der Waals surface area (Å²) in [5.41, 5.74) is 0.758. The molecule has 0 saturated heterocycles. The summed E-state index contributed by atoms with van der Waals surface area (Å²) in [6.07, 6.45) is 1.15. The Kier molecular flexibility index (Phi) is 1.62. The molecule has 0 aliphatic heterocycles. The fourth-order valence-electron chi connectivity index (χ4n) is 1.13. The standard InChI is InChI=1S/C9H6FNO2/c1-5(12)6-2-7(10)9-8(3-6)11-4-13-9/h2-4H,1H3. The molecule has 4 heteroatoms. The Balaban J connectivity index is 2.77. The first-order valence-corrected chi connectivity index (χ1v) is 3.72. The van der Waals surface area contributed by atoms with E-state index >= 15 is 0 Å². The van der Waals surface area contributed by atoms with E-state index in [0.29, 0.717) is 11.1 Å². The molecule has 66 valence electrons. The van der Waals surface area contributed by atoms with Gasteiger partial charge in [0.1, 0.15) is 5.52 Å². The predicted molar refractivity (Wildman–Crippen MR) is 44.0 cm³/mol. The van der Waals surface area contributed by atoms with Crippen LogP contribution in [0.25, 0.3) is 11.1 Å². The van der Waals surface area contributed by atoms with E-state index < -0.39 is 5.82 Å². The van der Waals surface area contributed by atoms with Gasteiger partial charge in [-0.2, -0.15) is 0 Å². The van der Waals surface area contributed by atoms with Crippen LogP contribution in [-0.2, 0) is 0 Å². The number of ketones is 1. The van der Waals surface area contributed by atoms with Gasteiger partial charge in [-0.3, -0.25) is 4.79 Å². The molecular weight excluding hydrogens is 173 g/mol. The minimum atomic E-state index is -0.555. The summed E-state index contributed by atoms with van der Waals surface area (Å²) in [7, 11) is 0. The Morgan fingerprint density at radius 1 is 1.54 bits per heavy atom. The Hall–Kier alpha value is -1.71. The summed E-state index contributed by atoms with van der Waals surface area (Å²) < 4.78 is 17.9. The van der Waals surface area contributed by atoms with Gasteiger partial charge in [0.2, 0.25) is 0 Å². The number of Topliss-reactive ketones (excluding diaryl/α,β-unsaturated/α-hetero) is 1. The highest BCUT2D eigenvalue weighted by Crippen LogP contribution is 2.18. The van der Waals surface area contributed by atoms with E-state index in [9.17, 15) is 9.18 Å². The predicted octanol–water partition coefficient (Wildman–Crippen LogP) is 2.17. The van der Waals surface area contributed by atoms with Crippen molar-refractivity contribution in [2.45, 2.75) is 6.92 Å². The van der Waals surface area contributed by atoms with E-state index in [1.54, 1.807) is 0 Å². The lowest BCUT2D eigenvalue weighted by Gasteiger charge is -1.95. The van der Waals surface area contributed by atoms with Crippen LogP contribution in [0.2, 0.25) is 0 Å². The number of carbonyl (C=O) groups is 1. The molecule has 3 nitrogen and oxygen atoms in total. The third kappa shape index (κ3) is 1.20. The number of benzene rings is 1. The summed E-state index contributed by atoms with van der Waals surface area (Å²) in [6.45, 7) is 1.38. The van der Waals surface area contributed by atoms with Crippen molar-refractivity contribution in [3.05, 3.63) is 29.9 Å². The van der Waals surface area contributed by atoms with Crippen molar-refractivity contribution in [2.24, 2.45) is 0 Å². The number of rotatable bonds is 1. The van der Waals surface area contributed by atoms with Crippen molar-refractivity contribution < 1.29 is 13.6 Å². The van der Waals surface area contributed by atoms with E-state index in [2.05, 4.69) is 4.98 Å². The normalized spacial score (nSPS) is 10.6. The molecule has 1 aromatic heterocycles. The molecule has 2 rings (SSSR count). The van der Waals surface area contributed by atoms with Crippen LogP contribution in [-0.4, -0.2) is 10.8 Å². The molecule has 1 aromatic carbocycles. The number of hydrogen-bond donors (Lipinski definition) is 0. The lowest BCUT2D eigenvalue weighted by Crippen LogP contribution is -1.92. The highest BCUT2D eigenvalue weighted by molar-refractivity contribution is 5.97. The number of aromatic nitrogens is 1. The van der Waals surface area contributed by atoms with Crippen LogP contribution in [0.4, 0.5) is 4.39 Å². The first kappa shape index (κ1) is 7.91. The van der Waals surface area contributed by atoms with Crippen LogP contribution >= 0.6 is 0 Å². The summed E-state index contributed by atoms with van der Waals surface area (Å²) in [6, 6.07) is 2.65. The van der Waals surface area contributed by atoms with Gasteiger partial charge in [-0.1, -0.05) is 0 Å². The molecular formula is C9H6FNO2. The Bertz CT molecular complexity index is 475. The molecule has 13 heavy (non-hydrogen) atoms. The first-order chi connectivity index (χ1) is 6.18. The smallest absolute Gasteiger partial charge is 0.190 e. The van der Waals surface area contributed by atoms with Crippen molar-refractivity contribution in [2.75, 3.05) is 0 Å². The van der Waals surface area contributed by atoms with Gasteiger partial charge in [-0.25, -0.2) is 9.37 Å². The number of oxazole rings is 1. The lowest BCUT2D eigenvalue weighted by atomic mass is 10.1. The van der Waals surface area contributed by atoms with Crippen LogP contribution < -0.4 is 0 Å². The molecule has 1 heterocycles. The SMILES string of the molecule is CC(=O)c1cc(F)c2ocnc2c1. The fraction of sp³-hybridized carbons (Fsp3) is 0.111. The lowest BCUT2D eigenvalue weighted by molar-refractivity contribution is 0.101. The summed E-state index contributed by atoms with van der Waals surface area (Å²) >= 11 is 0. The topological polar surface area (TPSA) is 43.1 Å². The second-order valence-electron chi connectivity index (χ2n) is 2.71. The molecule has 0 saturated carbocycles. The number of carbonyl (C=O) groups excluding carboxylic acids is 1. The zero-order valence-corrected chi connectivity index (χ0v) is 6.87. The third-order valence-corrected chi connectivity index (χ3v) is 1.79. The Morgan fingerprint density at radius 2 is 2.31 bits per heavy atom. The van der Waals surface area contributed by atoms with E-state index in [0.717, 1.165) is 12.5 Å². The van der Waals surface area contributed by atoms with Crippen LogP contribution in [0.3, 0.4) is 0 Å². The molecule has 0 amide bonds. The maximum Gasteiger partial charge on any atom is 0.190 e. The van der Waals surface area contributed by atoms with Gasteiger partial charge in [-0.05, 0) is 19.1 Å². The van der Waals surface area contributed by atoms with Crippen LogP contribution in [0.15, 0.2) is 22.9 Å². The Morgan fingerprint density at radius 3 is 3.00 bits per heavy atom. The highest BCUT2D eigenvalue weighted by atomic mass is 19.1. The zero-order chi connectivity index (χ0) is 9.42. The molecule has 0 spiro atoms. The molecule has 0 aliphatic carbocycles. The summed E-state index contributed by atoms with van der Waals surface area (Å²) in [5, 5.41) is 0. The maximum atomic E-state index is 13.2. The molecule has 2 aromatic rings. The van der Waals surface area contributed by atoms with E-state index in [1.165, 1.54) is 13.0 Å². The molecule has 0 aliphatic rings. The highest BCUT2D eigenvalue weighted by Gasteiger charge is 2.09. The van der Waals surface area contributed by atoms with E-state index in [4.69, 9.17) is 4.42 Å². The maximum absolute atomic E-state index is 13.2. The van der Waals surface area contributed by atoms with Gasteiger partial charge >= 0.3 is 0 Å². The fourth-order valence-corrected chi connectivity index (χ4v) is 1.13. The van der Waals surface area contributed by atoms with Gasteiger partial charge in [0.15, 0.2) is 23.6 Å². The molecule has 0 radical (unpaired) electrons. The van der Waals surface area contributed by atoms with Crippen molar-refractivity contribution >= 4 is 16.9 Å². The summed E-state index contributed by atoms with van der Waals surface area (Å²) in [5.74, 6) is -0.746. The monoisotopic (exact) mass is 179 g/mol. The summed E-state index contributed by atoms with van der Waals surface area (Å²) in [4.78, 5) is 14.7. The molecule has 0 atom stereocenters. The van der Waals surface area contributed by atoms with Gasteiger partial charge in [0.05, 0.1) is 0 Å². The van der Waals surface area contributed by atoms with Crippen LogP contribution in [0, 0.1) is 5.82 Å². The van der Waals surface area contributed by atoms with Crippen molar-refractivity contribution in [3.63, 3.8) is 0 Å². The Labute approximate surface area is 73.2 Å². The third-order valence-electron chi connectivity index (χ3n) is 1.79. The van der Waals surface area contributed by atoms with E-state index in [-0.39, 0.29) is 11.4 Å². The van der Waals surface area contributed by atoms with Gasteiger partial charge in [0.25, 0.3) is 0 Å². The van der Waals surface area contributed by atoms with Crippen molar-refractivity contribution in [3.8, 4) is 0 Å². The average molecular weight is 179 g/mol. The second-order valence-corrected chi connectivity index (χ2v) is 2.71.